The summed E-state index contributed by atoms with van der Waals surface area (Å²) in [6.45, 7) is 4.29. The highest BCUT2D eigenvalue weighted by Gasteiger charge is 2.35. The topological polar surface area (TPSA) is 32.6 Å². The molecule has 0 fully saturated rings. The Bertz CT molecular complexity index is 750. The van der Waals surface area contributed by atoms with Crippen LogP contribution in [0.4, 0.5) is 0 Å². The average molecular weight is 320 g/mol. The van der Waals surface area contributed by atoms with Gasteiger partial charge in [0.2, 0.25) is 0 Å². The number of rotatable bonds is 1. The summed E-state index contributed by atoms with van der Waals surface area (Å²) < 4.78 is 0. The minimum absolute atomic E-state index is 0.0576. The minimum atomic E-state index is -0.0576. The van der Waals surface area contributed by atoms with Gasteiger partial charge in [-0.3, -0.25) is 0 Å². The number of fused-ring (bicyclic) bond motifs is 1. The summed E-state index contributed by atoms with van der Waals surface area (Å²) in [5, 5.41) is 13.9. The van der Waals surface area contributed by atoms with Crippen molar-refractivity contribution in [3.8, 4) is 11.1 Å². The van der Waals surface area contributed by atoms with Crippen molar-refractivity contribution in [2.45, 2.75) is 25.7 Å². The third kappa shape index (κ3) is 2.43. The van der Waals surface area contributed by atoms with E-state index in [1.54, 1.807) is 12.1 Å². The molecule has 21 heavy (non-hydrogen) atoms. The number of oxime groups is 1. The van der Waals surface area contributed by atoms with Gasteiger partial charge in [-0.1, -0.05) is 54.3 Å². The summed E-state index contributed by atoms with van der Waals surface area (Å²) in [5.74, 6) is 0. The summed E-state index contributed by atoms with van der Waals surface area (Å²) >= 11 is 12.4. The van der Waals surface area contributed by atoms with E-state index >= 15 is 0 Å². The molecule has 0 heterocycles. The van der Waals surface area contributed by atoms with Crippen LogP contribution in [-0.4, -0.2) is 10.9 Å². The fourth-order valence-corrected chi connectivity index (χ4v) is 3.34. The quantitative estimate of drug-likeness (QED) is 0.544. The van der Waals surface area contributed by atoms with E-state index < -0.39 is 0 Å². The molecule has 0 aromatic heterocycles. The van der Waals surface area contributed by atoms with E-state index in [4.69, 9.17) is 28.4 Å². The van der Waals surface area contributed by atoms with Gasteiger partial charge in [-0.25, -0.2) is 0 Å². The first kappa shape index (κ1) is 14.4. The van der Waals surface area contributed by atoms with Crippen LogP contribution in [0.25, 0.3) is 11.1 Å². The van der Waals surface area contributed by atoms with Crippen molar-refractivity contribution in [2.24, 2.45) is 5.16 Å². The van der Waals surface area contributed by atoms with Crippen LogP contribution in [0.2, 0.25) is 10.0 Å². The first-order chi connectivity index (χ1) is 9.92. The molecule has 0 radical (unpaired) electrons. The predicted octanol–water partition coefficient (Wildman–Crippen LogP) is 5.52. The molecule has 0 bridgehead atoms. The molecule has 0 atom stereocenters. The van der Waals surface area contributed by atoms with Crippen molar-refractivity contribution >= 4 is 28.9 Å². The molecule has 1 aliphatic rings. The van der Waals surface area contributed by atoms with E-state index in [0.29, 0.717) is 10.0 Å². The van der Waals surface area contributed by atoms with Crippen molar-refractivity contribution in [1.29, 1.82) is 0 Å². The maximum absolute atomic E-state index is 9.16. The van der Waals surface area contributed by atoms with Gasteiger partial charge in [-0.05, 0) is 40.8 Å². The van der Waals surface area contributed by atoms with Crippen LogP contribution in [-0.2, 0) is 5.41 Å². The third-order valence-corrected chi connectivity index (χ3v) is 4.59. The van der Waals surface area contributed by atoms with Gasteiger partial charge < -0.3 is 5.21 Å². The third-order valence-electron chi connectivity index (χ3n) is 4.03. The highest BCUT2D eigenvalue weighted by atomic mass is 35.5. The molecule has 2 aromatic rings. The normalized spacial score (nSPS) is 18.0. The molecule has 0 amide bonds. The van der Waals surface area contributed by atoms with Crippen LogP contribution < -0.4 is 0 Å². The van der Waals surface area contributed by atoms with Crippen LogP contribution in [0.15, 0.2) is 41.6 Å². The first-order valence-corrected chi connectivity index (χ1v) is 7.49. The number of hydrogen-bond acceptors (Lipinski definition) is 2. The second kappa shape index (κ2) is 5.04. The van der Waals surface area contributed by atoms with Crippen LogP contribution in [0.3, 0.4) is 0 Å². The molecule has 4 heteroatoms. The van der Waals surface area contributed by atoms with Gasteiger partial charge in [0.25, 0.3) is 0 Å². The highest BCUT2D eigenvalue weighted by molar-refractivity contribution is 6.35. The lowest BCUT2D eigenvalue weighted by molar-refractivity contribution is 0.317. The Balaban J connectivity index is 2.19. The van der Waals surface area contributed by atoms with Crippen molar-refractivity contribution in [3.63, 3.8) is 0 Å². The molecule has 0 saturated carbocycles. The second-order valence-electron chi connectivity index (χ2n) is 5.99. The molecular weight excluding hydrogens is 305 g/mol. The zero-order valence-electron chi connectivity index (χ0n) is 11.8. The lowest BCUT2D eigenvalue weighted by Gasteiger charge is -2.19. The molecular formula is C17H15Cl2NO. The zero-order chi connectivity index (χ0) is 15.2. The largest absolute Gasteiger partial charge is 0.411 e. The SMILES string of the molecule is CC1(C)C/C(=N\O)c2ccc(-c3cc(Cl)ccc3Cl)cc21. The smallest absolute Gasteiger partial charge is 0.0879 e. The van der Waals surface area contributed by atoms with Gasteiger partial charge in [-0.15, -0.1) is 0 Å². The van der Waals surface area contributed by atoms with Crippen molar-refractivity contribution < 1.29 is 5.21 Å². The Labute approximate surface area is 134 Å². The monoisotopic (exact) mass is 319 g/mol. The maximum atomic E-state index is 9.16. The van der Waals surface area contributed by atoms with Gasteiger partial charge in [0.15, 0.2) is 0 Å². The summed E-state index contributed by atoms with van der Waals surface area (Å²) in [5.41, 5.74) is 4.79. The highest BCUT2D eigenvalue weighted by Crippen LogP contribution is 2.41. The molecule has 0 saturated heterocycles. The number of benzene rings is 2. The maximum Gasteiger partial charge on any atom is 0.0879 e. The summed E-state index contributed by atoms with van der Waals surface area (Å²) in [6, 6.07) is 11.5. The number of nitrogens with zero attached hydrogens (tertiary/aromatic N) is 1. The zero-order valence-corrected chi connectivity index (χ0v) is 13.3. The standard InChI is InChI=1S/C17H15Cl2NO/c1-17(2)9-16(20-21)12-5-3-10(7-14(12)17)13-8-11(18)4-6-15(13)19/h3-8,21H,9H2,1-2H3/b20-16+. The Morgan fingerprint density at radius 2 is 1.81 bits per heavy atom. The molecule has 2 nitrogen and oxygen atoms in total. The Morgan fingerprint density at radius 1 is 1.05 bits per heavy atom. The fourth-order valence-electron chi connectivity index (χ4n) is 2.94. The minimum Gasteiger partial charge on any atom is -0.411 e. The summed E-state index contributed by atoms with van der Waals surface area (Å²) in [6.07, 6.45) is 0.728. The predicted molar refractivity (Wildman–Crippen MR) is 87.9 cm³/mol. The molecule has 0 spiro atoms. The average Bonchev–Trinajstić information content (AvgIpc) is 2.72. The number of halogens is 2. The van der Waals surface area contributed by atoms with Gasteiger partial charge in [0, 0.05) is 27.6 Å². The molecule has 108 valence electrons. The van der Waals surface area contributed by atoms with Crippen molar-refractivity contribution in [2.75, 3.05) is 0 Å². The van der Waals surface area contributed by atoms with Crippen LogP contribution in [0.5, 0.6) is 0 Å². The fraction of sp³-hybridized carbons (Fsp3) is 0.235. The Morgan fingerprint density at radius 3 is 2.52 bits per heavy atom. The molecule has 3 rings (SSSR count). The van der Waals surface area contributed by atoms with E-state index in [2.05, 4.69) is 25.1 Å². The van der Waals surface area contributed by atoms with Gasteiger partial charge in [-0.2, -0.15) is 0 Å². The van der Waals surface area contributed by atoms with Crippen LogP contribution >= 0.6 is 23.2 Å². The van der Waals surface area contributed by atoms with E-state index in [1.807, 2.05) is 18.2 Å². The molecule has 2 aromatic carbocycles. The van der Waals surface area contributed by atoms with Gasteiger partial charge in [0.1, 0.15) is 0 Å². The molecule has 0 aliphatic heterocycles. The Hall–Kier alpha value is -1.51. The van der Waals surface area contributed by atoms with Crippen molar-refractivity contribution in [3.05, 3.63) is 57.6 Å². The molecule has 1 aliphatic carbocycles. The Kier molecular flexibility index (Phi) is 3.46. The molecule has 0 unspecified atom stereocenters. The van der Waals surface area contributed by atoms with Gasteiger partial charge >= 0.3 is 0 Å². The van der Waals surface area contributed by atoms with E-state index in [1.165, 1.54) is 5.56 Å². The number of hydrogen-bond donors (Lipinski definition) is 1. The van der Waals surface area contributed by atoms with E-state index in [9.17, 15) is 0 Å². The van der Waals surface area contributed by atoms with Crippen LogP contribution in [0, 0.1) is 0 Å². The first-order valence-electron chi connectivity index (χ1n) is 6.73. The van der Waals surface area contributed by atoms with Crippen LogP contribution in [0.1, 0.15) is 31.4 Å². The summed E-state index contributed by atoms with van der Waals surface area (Å²) in [7, 11) is 0. The lowest BCUT2D eigenvalue weighted by Crippen LogP contribution is -2.12. The summed E-state index contributed by atoms with van der Waals surface area (Å²) in [4.78, 5) is 0. The molecule has 1 N–H and O–H groups in total. The van der Waals surface area contributed by atoms with E-state index in [-0.39, 0.29) is 5.41 Å². The van der Waals surface area contributed by atoms with Gasteiger partial charge in [0.05, 0.1) is 5.71 Å². The van der Waals surface area contributed by atoms with Crippen molar-refractivity contribution in [1.82, 2.24) is 0 Å². The van der Waals surface area contributed by atoms with E-state index in [0.717, 1.165) is 28.8 Å². The second-order valence-corrected chi connectivity index (χ2v) is 6.84. The lowest BCUT2D eigenvalue weighted by atomic mass is 9.85.